The van der Waals surface area contributed by atoms with Gasteiger partial charge in [-0.1, -0.05) is 6.58 Å². The molecular weight excluding hydrogens is 374 g/mol. The molecule has 0 saturated carbocycles. The zero-order valence-corrected chi connectivity index (χ0v) is 15.8. The number of hydrogen-bond acceptors (Lipinski definition) is 3. The van der Waals surface area contributed by atoms with E-state index in [-0.39, 0.29) is 11.9 Å². The van der Waals surface area contributed by atoms with Gasteiger partial charge in [-0.25, -0.2) is 13.3 Å². The Labute approximate surface area is 166 Å². The van der Waals surface area contributed by atoms with E-state index in [0.29, 0.717) is 29.7 Å². The quantitative estimate of drug-likeness (QED) is 0.632. The van der Waals surface area contributed by atoms with Crippen molar-refractivity contribution < 1.29 is 13.6 Å². The Balaban J connectivity index is 1.51. The Morgan fingerprint density at radius 2 is 2.00 bits per heavy atom. The lowest BCUT2D eigenvalue weighted by molar-refractivity contribution is 0.0730. The summed E-state index contributed by atoms with van der Waals surface area (Å²) in [6.07, 6.45) is 5.00. The van der Waals surface area contributed by atoms with Crippen molar-refractivity contribution in [3.05, 3.63) is 77.6 Å². The Morgan fingerprint density at radius 3 is 2.79 bits per heavy atom. The third kappa shape index (κ3) is 2.97. The second kappa shape index (κ2) is 6.69. The molecule has 0 N–H and O–H groups in total. The largest absolute Gasteiger partial charge is 0.364 e. The average Bonchev–Trinajstić information content (AvgIpc) is 3.33. The number of nitrogens with zero attached hydrogens (tertiary/aromatic N) is 4. The molecular formula is C22H20F2N4O. The van der Waals surface area contributed by atoms with E-state index in [1.165, 1.54) is 12.1 Å². The van der Waals surface area contributed by atoms with Crippen LogP contribution in [0.2, 0.25) is 0 Å². The Hall–Kier alpha value is -3.22. The van der Waals surface area contributed by atoms with Crippen molar-refractivity contribution in [1.29, 1.82) is 0 Å². The molecule has 148 valence electrons. The SMILES string of the molecule is C=C1CN(C(=O)c2cnn3ccc(N4CCCC4c4cc(F)ccc4F)cc23)C1. The normalized spacial score (nSPS) is 19.1. The predicted molar refractivity (Wildman–Crippen MR) is 106 cm³/mol. The van der Waals surface area contributed by atoms with Gasteiger partial charge in [0.2, 0.25) is 0 Å². The van der Waals surface area contributed by atoms with Gasteiger partial charge in [-0.15, -0.1) is 0 Å². The van der Waals surface area contributed by atoms with Crippen LogP contribution in [0.5, 0.6) is 0 Å². The van der Waals surface area contributed by atoms with Crippen molar-refractivity contribution in [3.63, 3.8) is 0 Å². The van der Waals surface area contributed by atoms with E-state index in [9.17, 15) is 13.6 Å². The molecule has 2 aromatic heterocycles. The van der Waals surface area contributed by atoms with E-state index >= 15 is 0 Å². The molecule has 7 heteroatoms. The average molecular weight is 394 g/mol. The van der Waals surface area contributed by atoms with Gasteiger partial charge in [0.05, 0.1) is 23.3 Å². The fraction of sp³-hybridized carbons (Fsp3) is 0.273. The van der Waals surface area contributed by atoms with Crippen LogP contribution in [-0.4, -0.2) is 40.1 Å². The third-order valence-corrected chi connectivity index (χ3v) is 5.75. The van der Waals surface area contributed by atoms with Crippen LogP contribution in [0.15, 0.2) is 54.9 Å². The predicted octanol–water partition coefficient (Wildman–Crippen LogP) is 3.97. The van der Waals surface area contributed by atoms with Crippen LogP contribution in [0.25, 0.3) is 5.52 Å². The summed E-state index contributed by atoms with van der Waals surface area (Å²) in [6, 6.07) is 7.16. The molecule has 29 heavy (non-hydrogen) atoms. The lowest BCUT2D eigenvalue weighted by Crippen LogP contribution is -2.43. The highest BCUT2D eigenvalue weighted by molar-refractivity contribution is 6.01. The molecule has 5 rings (SSSR count). The summed E-state index contributed by atoms with van der Waals surface area (Å²) in [5.41, 5.74) is 3.51. The lowest BCUT2D eigenvalue weighted by atomic mass is 10.0. The smallest absolute Gasteiger partial charge is 0.258 e. The number of hydrogen-bond donors (Lipinski definition) is 0. The standard InChI is InChI=1S/C22H20F2N4O/c1-14-12-26(13-14)22(29)18-11-25-28-8-6-16(10-21(18)28)27-7-2-3-20(27)17-9-15(23)4-5-19(17)24/h4-6,8-11,20H,1-3,7,12-13H2. The van der Waals surface area contributed by atoms with Crippen LogP contribution in [0.4, 0.5) is 14.5 Å². The number of rotatable bonds is 3. The Morgan fingerprint density at radius 1 is 1.17 bits per heavy atom. The first-order valence-corrected chi connectivity index (χ1v) is 9.66. The molecule has 2 aliphatic rings. The van der Waals surface area contributed by atoms with E-state index in [1.807, 2.05) is 12.1 Å². The van der Waals surface area contributed by atoms with Crippen molar-refractivity contribution >= 4 is 17.1 Å². The highest BCUT2D eigenvalue weighted by Gasteiger charge is 2.30. The number of halogens is 2. The van der Waals surface area contributed by atoms with Gasteiger partial charge in [0.25, 0.3) is 5.91 Å². The topological polar surface area (TPSA) is 40.9 Å². The number of anilines is 1. The maximum absolute atomic E-state index is 14.4. The number of amides is 1. The third-order valence-electron chi connectivity index (χ3n) is 5.75. The lowest BCUT2D eigenvalue weighted by Gasteiger charge is -2.33. The second-order valence-corrected chi connectivity index (χ2v) is 7.70. The zero-order valence-electron chi connectivity index (χ0n) is 15.8. The Bertz CT molecular complexity index is 1130. The van der Waals surface area contributed by atoms with Crippen molar-refractivity contribution in [3.8, 4) is 0 Å². The van der Waals surface area contributed by atoms with Gasteiger partial charge in [-0.2, -0.15) is 5.10 Å². The maximum atomic E-state index is 14.4. The van der Waals surface area contributed by atoms with Crippen molar-refractivity contribution in [2.45, 2.75) is 18.9 Å². The van der Waals surface area contributed by atoms with Gasteiger partial charge >= 0.3 is 0 Å². The van der Waals surface area contributed by atoms with Crippen LogP contribution < -0.4 is 4.90 Å². The summed E-state index contributed by atoms with van der Waals surface area (Å²) >= 11 is 0. The molecule has 1 atom stereocenters. The van der Waals surface area contributed by atoms with Gasteiger partial charge in [0.15, 0.2) is 0 Å². The molecule has 1 aromatic carbocycles. The summed E-state index contributed by atoms with van der Waals surface area (Å²) in [5, 5.41) is 4.29. The minimum absolute atomic E-state index is 0.0707. The van der Waals surface area contributed by atoms with Crippen LogP contribution in [0.3, 0.4) is 0 Å². The van der Waals surface area contributed by atoms with E-state index < -0.39 is 11.6 Å². The Kier molecular flexibility index (Phi) is 4.12. The van der Waals surface area contributed by atoms with Gasteiger partial charge in [0, 0.05) is 37.1 Å². The van der Waals surface area contributed by atoms with Gasteiger partial charge in [-0.3, -0.25) is 4.79 Å². The minimum Gasteiger partial charge on any atom is -0.364 e. The summed E-state index contributed by atoms with van der Waals surface area (Å²) in [5.74, 6) is -0.912. The van der Waals surface area contributed by atoms with Crippen LogP contribution in [0.1, 0.15) is 34.8 Å². The van der Waals surface area contributed by atoms with Crippen molar-refractivity contribution in [2.24, 2.45) is 0 Å². The summed E-state index contributed by atoms with van der Waals surface area (Å²) in [6.45, 7) is 5.76. The second-order valence-electron chi connectivity index (χ2n) is 7.70. The van der Waals surface area contributed by atoms with Crippen molar-refractivity contribution in [2.75, 3.05) is 24.5 Å². The molecule has 4 heterocycles. The molecule has 2 saturated heterocycles. The molecule has 5 nitrogen and oxygen atoms in total. The highest BCUT2D eigenvalue weighted by Crippen LogP contribution is 2.38. The number of carbonyl (C=O) groups excluding carboxylic acids is 1. The fourth-order valence-electron chi connectivity index (χ4n) is 4.29. The zero-order chi connectivity index (χ0) is 20.1. The molecule has 2 fully saturated rings. The van der Waals surface area contributed by atoms with Crippen LogP contribution in [-0.2, 0) is 0 Å². The first kappa shape index (κ1) is 17.8. The van der Waals surface area contributed by atoms with Gasteiger partial charge in [-0.05, 0) is 48.7 Å². The van der Waals surface area contributed by atoms with Gasteiger partial charge in [0.1, 0.15) is 11.6 Å². The molecule has 1 amide bonds. The molecule has 0 spiro atoms. The van der Waals surface area contributed by atoms with E-state index in [1.54, 1.807) is 21.8 Å². The maximum Gasteiger partial charge on any atom is 0.258 e. The van der Waals surface area contributed by atoms with E-state index in [2.05, 4.69) is 16.6 Å². The molecule has 0 aliphatic carbocycles. The van der Waals surface area contributed by atoms with Crippen LogP contribution >= 0.6 is 0 Å². The highest BCUT2D eigenvalue weighted by atomic mass is 19.1. The first-order valence-electron chi connectivity index (χ1n) is 9.66. The molecule has 0 bridgehead atoms. The summed E-state index contributed by atoms with van der Waals surface area (Å²) in [7, 11) is 0. The minimum atomic E-state index is -0.441. The molecule has 0 radical (unpaired) electrons. The van der Waals surface area contributed by atoms with E-state index in [4.69, 9.17) is 0 Å². The number of benzene rings is 1. The molecule has 2 aliphatic heterocycles. The monoisotopic (exact) mass is 394 g/mol. The van der Waals surface area contributed by atoms with Crippen molar-refractivity contribution in [1.82, 2.24) is 14.5 Å². The van der Waals surface area contributed by atoms with Crippen LogP contribution in [0, 0.1) is 11.6 Å². The molecule has 3 aromatic rings. The van der Waals surface area contributed by atoms with E-state index in [0.717, 1.165) is 36.7 Å². The number of carbonyl (C=O) groups is 1. The summed E-state index contributed by atoms with van der Waals surface area (Å²) < 4.78 is 29.8. The first-order chi connectivity index (χ1) is 14.0. The molecule has 1 unspecified atom stereocenters. The number of pyridine rings is 1. The van der Waals surface area contributed by atoms with Gasteiger partial charge < -0.3 is 9.80 Å². The number of fused-ring (bicyclic) bond motifs is 1. The fourth-order valence-corrected chi connectivity index (χ4v) is 4.29. The summed E-state index contributed by atoms with van der Waals surface area (Å²) in [4.78, 5) is 16.6. The number of likely N-dealkylation sites (tertiary alicyclic amines) is 1. The number of aromatic nitrogens is 2.